The van der Waals surface area contributed by atoms with E-state index in [4.69, 9.17) is 0 Å². The lowest BCUT2D eigenvalue weighted by Crippen LogP contribution is -2.29. The predicted molar refractivity (Wildman–Crippen MR) is 113 cm³/mol. The molecule has 1 aromatic heterocycles. The minimum absolute atomic E-state index is 0.250. The van der Waals surface area contributed by atoms with Crippen molar-refractivity contribution in [3.05, 3.63) is 83.2 Å². The number of halogens is 3. The van der Waals surface area contributed by atoms with Crippen LogP contribution in [0.1, 0.15) is 33.6 Å². The van der Waals surface area contributed by atoms with Crippen LogP contribution in [0.3, 0.4) is 0 Å². The number of carbonyl (C=O) groups excluding carboxylic acids is 1. The molecule has 0 saturated heterocycles. The fourth-order valence-electron chi connectivity index (χ4n) is 3.29. The maximum atomic E-state index is 13.7. The second kappa shape index (κ2) is 9.78. The van der Waals surface area contributed by atoms with Crippen LogP contribution >= 0.6 is 0 Å². The van der Waals surface area contributed by atoms with Crippen molar-refractivity contribution in [2.45, 2.75) is 26.1 Å². The van der Waals surface area contributed by atoms with Gasteiger partial charge in [0.15, 0.2) is 5.69 Å². The third-order valence-corrected chi connectivity index (χ3v) is 4.86. The van der Waals surface area contributed by atoms with Crippen molar-refractivity contribution in [3.8, 4) is 5.69 Å². The van der Waals surface area contributed by atoms with Gasteiger partial charge in [-0.15, -0.1) is 0 Å². The van der Waals surface area contributed by atoms with Crippen molar-refractivity contribution in [2.24, 2.45) is 0 Å². The van der Waals surface area contributed by atoms with Crippen LogP contribution in [-0.2, 0) is 12.7 Å². The van der Waals surface area contributed by atoms with Gasteiger partial charge in [-0.1, -0.05) is 48.0 Å². The zero-order chi connectivity index (χ0) is 22.4. The molecule has 2 aromatic carbocycles. The van der Waals surface area contributed by atoms with Gasteiger partial charge in [0, 0.05) is 13.1 Å². The second-order valence-electron chi connectivity index (χ2n) is 7.48. The highest BCUT2D eigenvalue weighted by molar-refractivity contribution is 5.95. The molecule has 0 radical (unpaired) electrons. The number of aromatic nitrogens is 2. The highest BCUT2D eigenvalue weighted by atomic mass is 19.4. The highest BCUT2D eigenvalue weighted by Crippen LogP contribution is 2.33. The first-order valence-corrected chi connectivity index (χ1v) is 9.98. The van der Waals surface area contributed by atoms with Gasteiger partial charge in [0.2, 0.25) is 0 Å². The summed E-state index contributed by atoms with van der Waals surface area (Å²) in [6.07, 6.45) is -3.13. The molecule has 0 aliphatic rings. The Balaban J connectivity index is 1.61. The van der Waals surface area contributed by atoms with Gasteiger partial charge in [-0.25, -0.2) is 4.68 Å². The SMILES string of the molecule is Cc1ccc(-n2ncc(C(=O)NCCCN(C)Cc3ccccc3)c2C(F)(F)F)cc1. The number of hydrogen-bond acceptors (Lipinski definition) is 3. The average Bonchev–Trinajstić information content (AvgIpc) is 3.18. The van der Waals surface area contributed by atoms with Gasteiger partial charge in [0.1, 0.15) is 0 Å². The molecule has 1 N–H and O–H groups in total. The molecule has 0 fully saturated rings. The summed E-state index contributed by atoms with van der Waals surface area (Å²) < 4.78 is 41.9. The Hall–Kier alpha value is -3.13. The van der Waals surface area contributed by atoms with Crippen LogP contribution in [0.4, 0.5) is 13.2 Å². The molecule has 3 rings (SSSR count). The normalized spacial score (nSPS) is 11.7. The third kappa shape index (κ3) is 5.95. The molecule has 0 saturated carbocycles. The third-order valence-electron chi connectivity index (χ3n) is 4.86. The maximum Gasteiger partial charge on any atom is 0.434 e. The van der Waals surface area contributed by atoms with Crippen molar-refractivity contribution < 1.29 is 18.0 Å². The van der Waals surface area contributed by atoms with E-state index in [0.29, 0.717) is 13.0 Å². The number of amides is 1. The quantitative estimate of drug-likeness (QED) is 0.537. The van der Waals surface area contributed by atoms with Gasteiger partial charge in [0.25, 0.3) is 5.91 Å². The molecule has 8 heteroatoms. The van der Waals surface area contributed by atoms with Crippen LogP contribution in [0.2, 0.25) is 0 Å². The van der Waals surface area contributed by atoms with E-state index in [1.165, 1.54) is 5.56 Å². The van der Waals surface area contributed by atoms with Crippen LogP contribution in [-0.4, -0.2) is 40.7 Å². The molecule has 31 heavy (non-hydrogen) atoms. The largest absolute Gasteiger partial charge is 0.434 e. The number of carbonyl (C=O) groups is 1. The van der Waals surface area contributed by atoms with E-state index >= 15 is 0 Å². The number of nitrogens with one attached hydrogen (secondary N) is 1. The average molecular weight is 430 g/mol. The molecule has 0 atom stereocenters. The second-order valence-corrected chi connectivity index (χ2v) is 7.48. The van der Waals surface area contributed by atoms with Crippen molar-refractivity contribution in [1.82, 2.24) is 20.0 Å². The summed E-state index contributed by atoms with van der Waals surface area (Å²) in [5.41, 5.74) is 0.785. The number of aryl methyl sites for hydroxylation is 1. The Labute approximate surface area is 179 Å². The van der Waals surface area contributed by atoms with E-state index in [9.17, 15) is 18.0 Å². The van der Waals surface area contributed by atoms with Gasteiger partial charge >= 0.3 is 6.18 Å². The van der Waals surface area contributed by atoms with Crippen molar-refractivity contribution >= 4 is 5.91 Å². The summed E-state index contributed by atoms with van der Waals surface area (Å²) in [4.78, 5) is 14.6. The van der Waals surface area contributed by atoms with Crippen molar-refractivity contribution in [3.63, 3.8) is 0 Å². The lowest BCUT2D eigenvalue weighted by Gasteiger charge is -2.17. The fraction of sp³-hybridized carbons (Fsp3) is 0.304. The maximum absolute atomic E-state index is 13.7. The van der Waals surface area contributed by atoms with Crippen LogP contribution in [0, 0.1) is 6.92 Å². The van der Waals surface area contributed by atoms with E-state index < -0.39 is 23.3 Å². The first kappa shape index (κ1) is 22.6. The molecule has 1 amide bonds. The summed E-state index contributed by atoms with van der Waals surface area (Å²) in [5.74, 6) is -0.781. The molecular formula is C23H25F3N4O. The molecule has 3 aromatic rings. The molecule has 1 heterocycles. The molecule has 5 nitrogen and oxygen atoms in total. The first-order chi connectivity index (χ1) is 14.8. The highest BCUT2D eigenvalue weighted by Gasteiger charge is 2.40. The Morgan fingerprint density at radius 1 is 1.10 bits per heavy atom. The smallest absolute Gasteiger partial charge is 0.352 e. The van der Waals surface area contributed by atoms with E-state index in [1.54, 1.807) is 24.3 Å². The monoisotopic (exact) mass is 430 g/mol. The fourth-order valence-corrected chi connectivity index (χ4v) is 3.29. The summed E-state index contributed by atoms with van der Waals surface area (Å²) in [5, 5.41) is 6.42. The molecule has 0 bridgehead atoms. The number of nitrogens with zero attached hydrogens (tertiary/aromatic N) is 3. The molecule has 164 valence electrons. The van der Waals surface area contributed by atoms with E-state index in [2.05, 4.69) is 15.3 Å². The van der Waals surface area contributed by atoms with Crippen molar-refractivity contribution in [1.29, 1.82) is 0 Å². The Morgan fingerprint density at radius 2 is 1.77 bits per heavy atom. The minimum atomic E-state index is -4.72. The molecule has 0 aliphatic carbocycles. The predicted octanol–water partition coefficient (Wildman–Crippen LogP) is 4.45. The first-order valence-electron chi connectivity index (χ1n) is 9.98. The van der Waals surface area contributed by atoms with Gasteiger partial charge in [-0.2, -0.15) is 18.3 Å². The summed E-state index contributed by atoms with van der Waals surface area (Å²) in [6, 6.07) is 16.4. The molecular weight excluding hydrogens is 405 g/mol. The van der Waals surface area contributed by atoms with E-state index in [1.807, 2.05) is 44.3 Å². The zero-order valence-corrected chi connectivity index (χ0v) is 17.5. The van der Waals surface area contributed by atoms with Crippen LogP contribution < -0.4 is 5.32 Å². The van der Waals surface area contributed by atoms with E-state index in [0.717, 1.165) is 23.0 Å². The standard InChI is InChI=1S/C23H25F3N4O/c1-17-9-11-19(12-10-17)30-21(23(24,25)26)20(15-28-30)22(31)27-13-6-14-29(2)16-18-7-4-3-5-8-18/h3-5,7-12,15H,6,13-14,16H2,1-2H3,(H,27,31). The summed E-state index contributed by atoms with van der Waals surface area (Å²) in [6.45, 7) is 3.57. The van der Waals surface area contributed by atoms with Gasteiger partial charge in [-0.3, -0.25) is 4.79 Å². The number of hydrogen-bond donors (Lipinski definition) is 1. The van der Waals surface area contributed by atoms with Crippen LogP contribution in [0.25, 0.3) is 5.69 Å². The Kier molecular flexibility index (Phi) is 7.12. The van der Waals surface area contributed by atoms with Crippen molar-refractivity contribution in [2.75, 3.05) is 20.1 Å². The Bertz CT molecular complexity index is 998. The number of rotatable bonds is 8. The molecule has 0 aliphatic heterocycles. The lowest BCUT2D eigenvalue weighted by molar-refractivity contribution is -0.143. The number of benzene rings is 2. The topological polar surface area (TPSA) is 50.2 Å². The Morgan fingerprint density at radius 3 is 2.42 bits per heavy atom. The summed E-state index contributed by atoms with van der Waals surface area (Å²) >= 11 is 0. The van der Waals surface area contributed by atoms with E-state index in [-0.39, 0.29) is 12.2 Å². The molecule has 0 unspecified atom stereocenters. The zero-order valence-electron chi connectivity index (χ0n) is 17.5. The number of alkyl halides is 3. The van der Waals surface area contributed by atoms with Gasteiger partial charge < -0.3 is 10.2 Å². The van der Waals surface area contributed by atoms with Crippen LogP contribution in [0.5, 0.6) is 0 Å². The van der Waals surface area contributed by atoms with Gasteiger partial charge in [0.05, 0.1) is 17.4 Å². The summed E-state index contributed by atoms with van der Waals surface area (Å²) in [7, 11) is 1.96. The van der Waals surface area contributed by atoms with Crippen LogP contribution in [0.15, 0.2) is 60.8 Å². The minimum Gasteiger partial charge on any atom is -0.352 e. The van der Waals surface area contributed by atoms with Gasteiger partial charge in [-0.05, 0) is 44.6 Å². The lowest BCUT2D eigenvalue weighted by atomic mass is 10.2. The molecule has 0 spiro atoms.